The van der Waals surface area contributed by atoms with Gasteiger partial charge in [-0.3, -0.25) is 9.53 Å². The zero-order valence-electron chi connectivity index (χ0n) is 15.6. The zero-order chi connectivity index (χ0) is 18.1. The molecule has 1 fully saturated rings. The van der Waals surface area contributed by atoms with Crippen LogP contribution < -0.4 is 5.32 Å². The third kappa shape index (κ3) is 4.36. The van der Waals surface area contributed by atoms with E-state index in [9.17, 15) is 9.00 Å². The summed E-state index contributed by atoms with van der Waals surface area (Å²) in [7, 11) is -0.899. The molecule has 2 rings (SSSR count). The molecule has 24 heavy (non-hydrogen) atoms. The van der Waals surface area contributed by atoms with Crippen molar-refractivity contribution in [2.45, 2.75) is 64.5 Å². The van der Waals surface area contributed by atoms with Gasteiger partial charge in [0.15, 0.2) is 5.13 Å². The van der Waals surface area contributed by atoms with Crippen molar-refractivity contribution in [1.82, 2.24) is 9.88 Å². The van der Waals surface area contributed by atoms with Gasteiger partial charge in [-0.25, -0.2) is 9.78 Å². The summed E-state index contributed by atoms with van der Waals surface area (Å²) in [6, 6.07) is -0.137. The summed E-state index contributed by atoms with van der Waals surface area (Å²) in [5.74, 6) is 0.533. The summed E-state index contributed by atoms with van der Waals surface area (Å²) >= 11 is 1.56. The highest BCUT2D eigenvalue weighted by molar-refractivity contribution is 7.86. The Hall–Kier alpha value is -0.950. The molecule has 0 radical (unpaired) electrons. The number of hydrogen-bond donors (Lipinski definition) is 1. The number of urea groups is 1. The van der Waals surface area contributed by atoms with Crippen LogP contribution in [0, 0.1) is 0 Å². The first-order valence-corrected chi connectivity index (χ1v) is 10.6. The van der Waals surface area contributed by atoms with E-state index in [1.165, 1.54) is 4.88 Å². The van der Waals surface area contributed by atoms with Gasteiger partial charge in [-0.2, -0.15) is 0 Å². The van der Waals surface area contributed by atoms with Crippen LogP contribution in [0.25, 0.3) is 0 Å². The molecule has 2 amide bonds. The summed E-state index contributed by atoms with van der Waals surface area (Å²) < 4.78 is 12.0. The Balaban J connectivity index is 2.10. The molecule has 1 N–H and O–H groups in total. The normalized spacial score (nSPS) is 21.4. The van der Waals surface area contributed by atoms with Gasteiger partial charge in [-0.05, 0) is 32.1 Å². The minimum atomic E-state index is -0.899. The fourth-order valence-corrected chi connectivity index (χ4v) is 5.06. The van der Waals surface area contributed by atoms with E-state index in [0.29, 0.717) is 24.0 Å². The van der Waals surface area contributed by atoms with Gasteiger partial charge >= 0.3 is 6.03 Å². The molecule has 1 unspecified atom stereocenters. The number of thiazole rings is 1. The van der Waals surface area contributed by atoms with E-state index in [2.05, 4.69) is 38.0 Å². The number of nitrogens with one attached hydrogen (secondary N) is 1. The summed E-state index contributed by atoms with van der Waals surface area (Å²) in [6.07, 6.45) is 1.61. The molecule has 1 saturated heterocycles. The first-order valence-electron chi connectivity index (χ1n) is 8.49. The quantitative estimate of drug-likeness (QED) is 0.861. The lowest BCUT2D eigenvalue weighted by Gasteiger charge is -2.22. The Morgan fingerprint density at radius 2 is 2.04 bits per heavy atom. The largest absolute Gasteiger partial charge is 0.324 e. The van der Waals surface area contributed by atoms with Gasteiger partial charge in [0, 0.05) is 39.3 Å². The molecule has 0 bridgehead atoms. The number of aryl methyl sites for hydroxylation is 1. The maximum atomic E-state index is 12.6. The van der Waals surface area contributed by atoms with Crippen molar-refractivity contribution in [3.05, 3.63) is 10.6 Å². The smallest absolute Gasteiger partial charge is 0.323 e. The third-order valence-electron chi connectivity index (χ3n) is 4.36. The Labute approximate surface area is 151 Å². The van der Waals surface area contributed by atoms with Crippen LogP contribution in [-0.2, 0) is 22.6 Å². The van der Waals surface area contributed by atoms with E-state index in [1.807, 2.05) is 13.8 Å². The predicted octanol–water partition coefficient (Wildman–Crippen LogP) is 3.77. The highest BCUT2D eigenvalue weighted by Crippen LogP contribution is 2.34. The van der Waals surface area contributed by atoms with E-state index >= 15 is 0 Å². The summed E-state index contributed by atoms with van der Waals surface area (Å²) in [4.78, 5) is 20.2. The monoisotopic (exact) mass is 371 g/mol. The number of amides is 2. The van der Waals surface area contributed by atoms with Gasteiger partial charge in [0.05, 0.1) is 5.69 Å². The molecule has 1 aromatic heterocycles. The van der Waals surface area contributed by atoms with Crippen LogP contribution in [0.2, 0.25) is 0 Å². The minimum absolute atomic E-state index is 0.0233. The van der Waals surface area contributed by atoms with Crippen LogP contribution in [-0.4, -0.2) is 43.7 Å². The maximum Gasteiger partial charge on any atom is 0.323 e. The van der Waals surface area contributed by atoms with Crippen LogP contribution >= 0.6 is 11.3 Å². The second kappa shape index (κ2) is 7.12. The van der Waals surface area contributed by atoms with E-state index in [4.69, 9.17) is 0 Å². The van der Waals surface area contributed by atoms with Gasteiger partial charge in [0.25, 0.3) is 0 Å². The number of hydrogen-bond acceptors (Lipinski definition) is 4. The Bertz CT molecular complexity index is 632. The van der Waals surface area contributed by atoms with Crippen molar-refractivity contribution < 1.29 is 9.00 Å². The molecule has 0 aromatic carbocycles. The molecule has 1 aliphatic rings. The standard InChI is InChI=1S/C17H29N3O2S2/c1-7-12-13(16(2,3)4)23-14(18-12)19-15(21)20-9-8-17(5,6)24(22)11-10-20/h7-11H2,1-6H3,(H,18,19,21). The summed E-state index contributed by atoms with van der Waals surface area (Å²) in [5, 5.41) is 3.60. The highest BCUT2D eigenvalue weighted by atomic mass is 32.2. The number of aromatic nitrogens is 1. The van der Waals surface area contributed by atoms with Gasteiger partial charge in [-0.15, -0.1) is 11.3 Å². The first kappa shape index (κ1) is 19.4. The van der Waals surface area contributed by atoms with E-state index in [0.717, 1.165) is 18.5 Å². The second-order valence-electron chi connectivity index (χ2n) is 7.87. The average molecular weight is 372 g/mol. The molecule has 136 valence electrons. The average Bonchev–Trinajstić information content (AvgIpc) is 2.83. The van der Waals surface area contributed by atoms with Crippen molar-refractivity contribution in [1.29, 1.82) is 0 Å². The Morgan fingerprint density at radius 1 is 1.38 bits per heavy atom. The molecule has 0 saturated carbocycles. The number of nitrogens with zero attached hydrogens (tertiary/aromatic N) is 2. The van der Waals surface area contributed by atoms with Crippen LogP contribution in [0.1, 0.15) is 58.5 Å². The lowest BCUT2D eigenvalue weighted by Crippen LogP contribution is -2.37. The number of carbonyl (C=O) groups excluding carboxylic acids is 1. The van der Waals surface area contributed by atoms with E-state index in [1.54, 1.807) is 16.2 Å². The molecule has 2 heterocycles. The zero-order valence-corrected chi connectivity index (χ0v) is 17.2. The third-order valence-corrected chi connectivity index (χ3v) is 7.79. The summed E-state index contributed by atoms with van der Waals surface area (Å²) in [6.45, 7) is 13.8. The fraction of sp³-hybridized carbons (Fsp3) is 0.765. The van der Waals surface area contributed by atoms with Crippen molar-refractivity contribution in [2.75, 3.05) is 24.2 Å². The Morgan fingerprint density at radius 3 is 2.58 bits per heavy atom. The van der Waals surface area contributed by atoms with Gasteiger partial charge in [0.2, 0.25) is 0 Å². The molecule has 0 spiro atoms. The fourth-order valence-electron chi connectivity index (χ4n) is 2.70. The van der Waals surface area contributed by atoms with Gasteiger partial charge < -0.3 is 4.90 Å². The molecular formula is C17H29N3O2S2. The van der Waals surface area contributed by atoms with Crippen LogP contribution in [0.3, 0.4) is 0 Å². The van der Waals surface area contributed by atoms with Gasteiger partial charge in [-0.1, -0.05) is 27.7 Å². The van der Waals surface area contributed by atoms with Crippen molar-refractivity contribution in [3.8, 4) is 0 Å². The SMILES string of the molecule is CCc1nc(NC(=O)N2CCS(=O)C(C)(C)CC2)sc1C(C)(C)C. The Kier molecular flexibility index (Phi) is 5.75. The number of carbonyl (C=O) groups is 1. The lowest BCUT2D eigenvalue weighted by molar-refractivity contribution is 0.214. The van der Waals surface area contributed by atoms with Crippen LogP contribution in [0.4, 0.5) is 9.93 Å². The highest BCUT2D eigenvalue weighted by Gasteiger charge is 2.32. The number of anilines is 1. The van der Waals surface area contributed by atoms with E-state index < -0.39 is 10.8 Å². The molecular weight excluding hydrogens is 342 g/mol. The van der Waals surface area contributed by atoms with Crippen LogP contribution in [0.15, 0.2) is 0 Å². The minimum Gasteiger partial charge on any atom is -0.324 e. The molecule has 1 aromatic rings. The van der Waals surface area contributed by atoms with Crippen molar-refractivity contribution in [2.24, 2.45) is 0 Å². The molecule has 1 atom stereocenters. The van der Waals surface area contributed by atoms with Crippen LogP contribution in [0.5, 0.6) is 0 Å². The van der Waals surface area contributed by atoms with Crippen molar-refractivity contribution in [3.63, 3.8) is 0 Å². The van der Waals surface area contributed by atoms with Gasteiger partial charge in [0.1, 0.15) is 0 Å². The predicted molar refractivity (Wildman–Crippen MR) is 102 cm³/mol. The molecule has 7 heteroatoms. The lowest BCUT2D eigenvalue weighted by atomic mass is 9.93. The maximum absolute atomic E-state index is 12.6. The van der Waals surface area contributed by atoms with E-state index in [-0.39, 0.29) is 16.2 Å². The topological polar surface area (TPSA) is 62.3 Å². The second-order valence-corrected chi connectivity index (χ2v) is 11.1. The number of rotatable bonds is 2. The van der Waals surface area contributed by atoms with Crippen molar-refractivity contribution >= 4 is 33.3 Å². The first-order chi connectivity index (χ1) is 11.0. The molecule has 0 aliphatic carbocycles. The molecule has 1 aliphatic heterocycles. The summed E-state index contributed by atoms with van der Waals surface area (Å²) in [5.41, 5.74) is 1.08. The molecule has 5 nitrogen and oxygen atoms in total.